The Hall–Kier alpha value is -2.46. The Kier molecular flexibility index (Phi) is 6.47. The fraction of sp³-hybridized carbons (Fsp3) is 0.550. The summed E-state index contributed by atoms with van der Waals surface area (Å²) in [7, 11) is -2.28. The first-order valence-corrected chi connectivity index (χ1v) is 11.7. The van der Waals surface area contributed by atoms with Crippen LogP contribution in [0.2, 0.25) is 0 Å². The number of carbonyl (C=O) groups excluding carboxylic acids is 1. The highest BCUT2D eigenvalue weighted by Gasteiger charge is 2.21. The van der Waals surface area contributed by atoms with E-state index in [1.807, 2.05) is 6.92 Å². The van der Waals surface area contributed by atoms with E-state index in [1.165, 1.54) is 29.8 Å². The van der Waals surface area contributed by atoms with Crippen molar-refractivity contribution < 1.29 is 13.2 Å². The molecule has 10 heteroatoms. The van der Waals surface area contributed by atoms with Crippen LogP contribution in [0.15, 0.2) is 32.7 Å². The second-order valence-electron chi connectivity index (χ2n) is 7.75. The number of amides is 1. The normalized spacial score (nSPS) is 15.6. The Morgan fingerprint density at radius 1 is 1.20 bits per heavy atom. The number of aryl methyl sites for hydroxylation is 1. The van der Waals surface area contributed by atoms with Gasteiger partial charge in [-0.1, -0.05) is 6.92 Å². The molecule has 30 heavy (non-hydrogen) atoms. The molecule has 1 N–H and O–H groups in total. The number of carbonyl (C=O) groups is 1. The van der Waals surface area contributed by atoms with E-state index in [0.717, 1.165) is 17.4 Å². The van der Waals surface area contributed by atoms with Crippen LogP contribution in [0.25, 0.3) is 10.9 Å². The lowest BCUT2D eigenvalue weighted by Gasteiger charge is -2.16. The predicted octanol–water partition coefficient (Wildman–Crippen LogP) is 0.790. The minimum atomic E-state index is -3.80. The van der Waals surface area contributed by atoms with Crippen LogP contribution in [0, 0.1) is 0 Å². The molecule has 1 aromatic carbocycles. The summed E-state index contributed by atoms with van der Waals surface area (Å²) in [6.45, 7) is 4.98. The standard InChI is InChI=1S/C20H28N4O5S/c1-4-14(2)21-30(28,29)15-7-8-17-16(13-15)19(26)24(20(27)22(17)3)12-9-18(25)23-10-5-6-11-23/h7-8,13-14,21H,4-6,9-12H2,1-3H3/t14-/m1/s1. The number of hydrogen-bond acceptors (Lipinski definition) is 5. The lowest BCUT2D eigenvalue weighted by Crippen LogP contribution is -2.40. The van der Waals surface area contributed by atoms with Crippen molar-refractivity contribution in [1.29, 1.82) is 0 Å². The zero-order valence-corrected chi connectivity index (χ0v) is 18.4. The van der Waals surface area contributed by atoms with Crippen molar-refractivity contribution in [3.63, 3.8) is 0 Å². The summed E-state index contributed by atoms with van der Waals surface area (Å²) >= 11 is 0. The summed E-state index contributed by atoms with van der Waals surface area (Å²) in [5.41, 5.74) is -0.785. The lowest BCUT2D eigenvalue weighted by atomic mass is 10.2. The first-order chi connectivity index (χ1) is 14.2. The molecular weight excluding hydrogens is 408 g/mol. The Morgan fingerprint density at radius 3 is 2.50 bits per heavy atom. The van der Waals surface area contributed by atoms with Gasteiger partial charge in [0, 0.05) is 39.1 Å². The third kappa shape index (κ3) is 4.34. The third-order valence-electron chi connectivity index (χ3n) is 5.61. The number of fused-ring (bicyclic) bond motifs is 1. The minimum Gasteiger partial charge on any atom is -0.343 e. The molecule has 1 fully saturated rings. The van der Waals surface area contributed by atoms with Crippen LogP contribution in [-0.4, -0.2) is 47.5 Å². The van der Waals surface area contributed by atoms with Crippen LogP contribution in [0.4, 0.5) is 0 Å². The highest BCUT2D eigenvalue weighted by atomic mass is 32.2. The van der Waals surface area contributed by atoms with Crippen LogP contribution >= 0.6 is 0 Å². The average Bonchev–Trinajstić information content (AvgIpc) is 3.26. The molecule has 0 saturated carbocycles. The van der Waals surface area contributed by atoms with E-state index in [9.17, 15) is 22.8 Å². The number of hydrogen-bond donors (Lipinski definition) is 1. The van der Waals surface area contributed by atoms with E-state index >= 15 is 0 Å². The average molecular weight is 437 g/mol. The SMILES string of the molecule is CC[C@@H](C)NS(=O)(=O)c1ccc2c(c1)c(=O)n(CCC(=O)N1CCCC1)c(=O)n2C. The van der Waals surface area contributed by atoms with Gasteiger partial charge in [-0.25, -0.2) is 17.9 Å². The molecule has 0 aliphatic carbocycles. The van der Waals surface area contributed by atoms with E-state index < -0.39 is 21.3 Å². The second kappa shape index (κ2) is 8.73. The van der Waals surface area contributed by atoms with Crippen molar-refractivity contribution in [2.24, 2.45) is 7.05 Å². The Labute approximate surface area is 175 Å². The molecular formula is C20H28N4O5S. The van der Waals surface area contributed by atoms with Crippen LogP contribution in [0.3, 0.4) is 0 Å². The quantitative estimate of drug-likeness (QED) is 0.690. The number of nitrogens with zero attached hydrogens (tertiary/aromatic N) is 3. The fourth-order valence-corrected chi connectivity index (χ4v) is 4.96. The van der Waals surface area contributed by atoms with E-state index in [-0.39, 0.29) is 35.2 Å². The van der Waals surface area contributed by atoms with Crippen LogP contribution in [0.1, 0.15) is 39.5 Å². The van der Waals surface area contributed by atoms with Gasteiger partial charge in [-0.2, -0.15) is 0 Å². The smallest absolute Gasteiger partial charge is 0.331 e. The van der Waals surface area contributed by atoms with Crippen LogP contribution in [0.5, 0.6) is 0 Å². The van der Waals surface area contributed by atoms with Crippen molar-refractivity contribution in [3.8, 4) is 0 Å². The molecule has 0 unspecified atom stereocenters. The van der Waals surface area contributed by atoms with Gasteiger partial charge >= 0.3 is 5.69 Å². The van der Waals surface area contributed by atoms with Crippen molar-refractivity contribution >= 4 is 26.8 Å². The molecule has 164 valence electrons. The van der Waals surface area contributed by atoms with Crippen LogP contribution in [-0.2, 0) is 28.4 Å². The molecule has 0 radical (unpaired) electrons. The number of benzene rings is 1. The van der Waals surface area contributed by atoms with Gasteiger partial charge in [0.1, 0.15) is 0 Å². The van der Waals surface area contributed by atoms with Gasteiger partial charge in [-0.15, -0.1) is 0 Å². The zero-order chi connectivity index (χ0) is 22.1. The number of likely N-dealkylation sites (tertiary alicyclic amines) is 1. The summed E-state index contributed by atoms with van der Waals surface area (Å²) in [6.07, 6.45) is 2.60. The molecule has 1 saturated heterocycles. The third-order valence-corrected chi connectivity index (χ3v) is 7.20. The van der Waals surface area contributed by atoms with Crippen LogP contribution < -0.4 is 16.0 Å². The second-order valence-corrected chi connectivity index (χ2v) is 9.46. The van der Waals surface area contributed by atoms with Gasteiger partial charge in [-0.05, 0) is 44.4 Å². The van der Waals surface area contributed by atoms with Gasteiger partial charge in [0.25, 0.3) is 5.56 Å². The number of nitrogens with one attached hydrogen (secondary N) is 1. The summed E-state index contributed by atoms with van der Waals surface area (Å²) in [6, 6.07) is 3.88. The van der Waals surface area contributed by atoms with E-state index in [2.05, 4.69) is 4.72 Å². The van der Waals surface area contributed by atoms with Gasteiger partial charge < -0.3 is 4.90 Å². The summed E-state index contributed by atoms with van der Waals surface area (Å²) < 4.78 is 30.1. The number of aromatic nitrogens is 2. The molecule has 2 aromatic rings. The number of rotatable bonds is 7. The first kappa shape index (κ1) is 22.2. The molecule has 1 atom stereocenters. The Balaban J connectivity index is 1.99. The maximum Gasteiger partial charge on any atom is 0.331 e. The maximum absolute atomic E-state index is 13.0. The monoisotopic (exact) mass is 436 g/mol. The van der Waals surface area contributed by atoms with E-state index in [4.69, 9.17) is 0 Å². The fourth-order valence-electron chi connectivity index (χ4n) is 3.61. The van der Waals surface area contributed by atoms with Crippen molar-refractivity contribution in [2.75, 3.05) is 13.1 Å². The Morgan fingerprint density at radius 2 is 1.87 bits per heavy atom. The largest absolute Gasteiger partial charge is 0.343 e. The topological polar surface area (TPSA) is 110 Å². The van der Waals surface area contributed by atoms with Gasteiger partial charge in [0.15, 0.2) is 0 Å². The summed E-state index contributed by atoms with van der Waals surface area (Å²) in [5.74, 6) is -0.0874. The summed E-state index contributed by atoms with van der Waals surface area (Å²) in [5, 5.41) is 0.123. The minimum absolute atomic E-state index is 0.0363. The lowest BCUT2D eigenvalue weighted by molar-refractivity contribution is -0.130. The molecule has 1 amide bonds. The number of sulfonamides is 1. The van der Waals surface area contributed by atoms with E-state index in [0.29, 0.717) is 25.0 Å². The molecule has 2 heterocycles. The zero-order valence-electron chi connectivity index (χ0n) is 17.6. The van der Waals surface area contributed by atoms with Crippen molar-refractivity contribution in [3.05, 3.63) is 39.0 Å². The highest BCUT2D eigenvalue weighted by Crippen LogP contribution is 2.16. The van der Waals surface area contributed by atoms with Crippen molar-refractivity contribution in [1.82, 2.24) is 18.8 Å². The van der Waals surface area contributed by atoms with Gasteiger partial charge in [-0.3, -0.25) is 18.7 Å². The Bertz CT molecular complexity index is 1180. The van der Waals surface area contributed by atoms with E-state index in [1.54, 1.807) is 11.8 Å². The first-order valence-electron chi connectivity index (χ1n) is 10.2. The molecule has 3 rings (SSSR count). The molecule has 0 spiro atoms. The summed E-state index contributed by atoms with van der Waals surface area (Å²) in [4.78, 5) is 39.7. The predicted molar refractivity (Wildman–Crippen MR) is 114 cm³/mol. The maximum atomic E-state index is 13.0. The molecule has 0 bridgehead atoms. The molecule has 9 nitrogen and oxygen atoms in total. The highest BCUT2D eigenvalue weighted by molar-refractivity contribution is 7.89. The molecule has 1 aliphatic rings. The van der Waals surface area contributed by atoms with Gasteiger partial charge in [0.2, 0.25) is 15.9 Å². The molecule has 1 aliphatic heterocycles. The van der Waals surface area contributed by atoms with Gasteiger partial charge in [0.05, 0.1) is 15.8 Å². The van der Waals surface area contributed by atoms with Crippen molar-refractivity contribution in [2.45, 2.75) is 57.0 Å². The molecule has 1 aromatic heterocycles.